The Balaban J connectivity index is 2.52. The lowest BCUT2D eigenvalue weighted by molar-refractivity contribution is -0.129. The average molecular weight is 241 g/mol. The normalized spacial score (nSPS) is 21.1. The topological polar surface area (TPSA) is 101 Å². The Morgan fingerprint density at radius 1 is 1.53 bits per heavy atom. The van der Waals surface area contributed by atoms with Crippen LogP contribution in [0.4, 0.5) is 0 Å². The summed E-state index contributed by atoms with van der Waals surface area (Å²) in [6.45, 7) is 3.89. The van der Waals surface area contributed by atoms with Crippen molar-refractivity contribution < 1.29 is 14.4 Å². The maximum atomic E-state index is 11.8. The maximum absolute atomic E-state index is 11.8. The number of carbonyl (C=O) groups is 3. The van der Waals surface area contributed by atoms with Gasteiger partial charge in [-0.2, -0.15) is 0 Å². The molecule has 2 atom stereocenters. The molecule has 1 unspecified atom stereocenters. The summed E-state index contributed by atoms with van der Waals surface area (Å²) in [5, 5.41) is 5.13. The van der Waals surface area contributed by atoms with E-state index >= 15 is 0 Å². The molecule has 0 spiro atoms. The summed E-state index contributed by atoms with van der Waals surface area (Å²) >= 11 is 0. The highest BCUT2D eigenvalue weighted by atomic mass is 16.2. The summed E-state index contributed by atoms with van der Waals surface area (Å²) in [5.74, 6) is -0.757. The van der Waals surface area contributed by atoms with E-state index in [0.717, 1.165) is 0 Å². The molecule has 1 saturated heterocycles. The summed E-state index contributed by atoms with van der Waals surface area (Å²) in [6.07, 6.45) is 1.32. The Morgan fingerprint density at radius 3 is 2.59 bits per heavy atom. The number of amides is 3. The highest BCUT2D eigenvalue weighted by Gasteiger charge is 2.29. The van der Waals surface area contributed by atoms with Crippen molar-refractivity contribution in [1.82, 2.24) is 10.6 Å². The molecule has 4 N–H and O–H groups in total. The zero-order chi connectivity index (χ0) is 13.0. The van der Waals surface area contributed by atoms with Crippen molar-refractivity contribution in [3.8, 4) is 0 Å². The molecule has 0 aromatic carbocycles. The zero-order valence-corrected chi connectivity index (χ0v) is 10.2. The molecule has 0 aromatic heterocycles. The smallest absolute Gasteiger partial charge is 0.243 e. The number of carbonyl (C=O) groups excluding carboxylic acids is 3. The lowest BCUT2D eigenvalue weighted by Crippen LogP contribution is -2.51. The Kier molecular flexibility index (Phi) is 4.48. The van der Waals surface area contributed by atoms with E-state index in [9.17, 15) is 14.4 Å². The third kappa shape index (κ3) is 4.05. The first kappa shape index (κ1) is 13.5. The highest BCUT2D eigenvalue weighted by Crippen LogP contribution is 2.09. The molecule has 3 amide bonds. The molecule has 1 aliphatic rings. The monoisotopic (exact) mass is 241 g/mol. The van der Waals surface area contributed by atoms with Gasteiger partial charge in [0.25, 0.3) is 0 Å². The summed E-state index contributed by atoms with van der Waals surface area (Å²) in [4.78, 5) is 33.9. The van der Waals surface area contributed by atoms with Gasteiger partial charge < -0.3 is 16.4 Å². The Morgan fingerprint density at radius 2 is 2.18 bits per heavy atom. The molecule has 1 aliphatic heterocycles. The van der Waals surface area contributed by atoms with Gasteiger partial charge in [0.2, 0.25) is 17.7 Å². The van der Waals surface area contributed by atoms with E-state index in [1.54, 1.807) is 0 Å². The number of nitrogens with one attached hydrogen (secondary N) is 2. The van der Waals surface area contributed by atoms with Gasteiger partial charge in [-0.3, -0.25) is 14.4 Å². The summed E-state index contributed by atoms with van der Waals surface area (Å²) in [6, 6.07) is -1.20. The number of rotatable bonds is 5. The lowest BCUT2D eigenvalue weighted by Gasteiger charge is -2.19. The summed E-state index contributed by atoms with van der Waals surface area (Å²) < 4.78 is 0. The number of hydrogen-bond acceptors (Lipinski definition) is 3. The van der Waals surface area contributed by atoms with Gasteiger partial charge in [-0.05, 0) is 18.8 Å². The van der Waals surface area contributed by atoms with E-state index in [2.05, 4.69) is 10.6 Å². The van der Waals surface area contributed by atoms with Gasteiger partial charge in [-0.1, -0.05) is 13.8 Å². The molecule has 0 radical (unpaired) electrons. The van der Waals surface area contributed by atoms with Crippen molar-refractivity contribution in [2.24, 2.45) is 11.7 Å². The van der Waals surface area contributed by atoms with Crippen LogP contribution in [-0.4, -0.2) is 29.8 Å². The van der Waals surface area contributed by atoms with Crippen molar-refractivity contribution >= 4 is 17.7 Å². The van der Waals surface area contributed by atoms with Gasteiger partial charge in [0, 0.05) is 6.42 Å². The van der Waals surface area contributed by atoms with Crippen LogP contribution in [0.5, 0.6) is 0 Å². The highest BCUT2D eigenvalue weighted by molar-refractivity contribution is 5.93. The Labute approximate surface area is 100 Å². The van der Waals surface area contributed by atoms with Crippen molar-refractivity contribution in [1.29, 1.82) is 0 Å². The summed E-state index contributed by atoms with van der Waals surface area (Å²) in [5.41, 5.74) is 5.22. The van der Waals surface area contributed by atoms with E-state index < -0.39 is 18.0 Å². The molecule has 6 heteroatoms. The fraction of sp³-hybridized carbons (Fsp3) is 0.727. The quantitative estimate of drug-likeness (QED) is 0.592. The van der Waals surface area contributed by atoms with Gasteiger partial charge in [0.05, 0.1) is 0 Å². The third-order valence-electron chi connectivity index (χ3n) is 2.68. The predicted octanol–water partition coefficient (Wildman–Crippen LogP) is -0.719. The lowest BCUT2D eigenvalue weighted by atomic mass is 10.0. The SMILES string of the molecule is CC(C)CC(NC(=O)[C@@H]1CCC(=O)N1)C(N)=O. The van der Waals surface area contributed by atoms with Gasteiger partial charge >= 0.3 is 0 Å². The minimum Gasteiger partial charge on any atom is -0.368 e. The fourth-order valence-electron chi connectivity index (χ4n) is 1.80. The third-order valence-corrected chi connectivity index (χ3v) is 2.68. The van der Waals surface area contributed by atoms with Crippen LogP contribution in [0, 0.1) is 5.92 Å². The van der Waals surface area contributed by atoms with E-state index in [-0.39, 0.29) is 17.7 Å². The van der Waals surface area contributed by atoms with Crippen molar-refractivity contribution in [3.63, 3.8) is 0 Å². The van der Waals surface area contributed by atoms with Gasteiger partial charge in [0.1, 0.15) is 12.1 Å². The maximum Gasteiger partial charge on any atom is 0.243 e. The van der Waals surface area contributed by atoms with Gasteiger partial charge in [-0.25, -0.2) is 0 Å². The van der Waals surface area contributed by atoms with Crippen LogP contribution in [-0.2, 0) is 14.4 Å². The van der Waals surface area contributed by atoms with E-state index in [4.69, 9.17) is 5.73 Å². The van der Waals surface area contributed by atoms with E-state index in [0.29, 0.717) is 19.3 Å². The number of primary amides is 1. The second-order valence-electron chi connectivity index (χ2n) is 4.75. The van der Waals surface area contributed by atoms with Gasteiger partial charge in [0.15, 0.2) is 0 Å². The van der Waals surface area contributed by atoms with Crippen LogP contribution in [0.2, 0.25) is 0 Å². The second kappa shape index (κ2) is 5.65. The average Bonchev–Trinajstić information content (AvgIpc) is 2.63. The molecule has 96 valence electrons. The second-order valence-corrected chi connectivity index (χ2v) is 4.75. The largest absolute Gasteiger partial charge is 0.368 e. The van der Waals surface area contributed by atoms with E-state index in [1.807, 2.05) is 13.8 Å². The first-order chi connectivity index (χ1) is 7.90. The molecule has 0 bridgehead atoms. The van der Waals surface area contributed by atoms with Crippen LogP contribution in [0.25, 0.3) is 0 Å². The minimum absolute atomic E-state index is 0.135. The molecule has 1 heterocycles. The molecular formula is C11H19N3O3. The number of hydrogen-bond donors (Lipinski definition) is 3. The van der Waals surface area contributed by atoms with Crippen LogP contribution in [0.3, 0.4) is 0 Å². The molecule has 0 aromatic rings. The number of nitrogens with two attached hydrogens (primary N) is 1. The molecule has 1 fully saturated rings. The van der Waals surface area contributed by atoms with Crippen LogP contribution < -0.4 is 16.4 Å². The standard InChI is InChI=1S/C11H19N3O3/c1-6(2)5-8(10(12)16)14-11(17)7-3-4-9(15)13-7/h6-8H,3-5H2,1-2H3,(H2,12,16)(H,13,15)(H,14,17)/t7-,8?/m0/s1. The Hall–Kier alpha value is -1.59. The first-order valence-corrected chi connectivity index (χ1v) is 5.79. The molecule has 6 nitrogen and oxygen atoms in total. The van der Waals surface area contributed by atoms with Crippen LogP contribution >= 0.6 is 0 Å². The molecule has 0 aliphatic carbocycles. The summed E-state index contributed by atoms with van der Waals surface area (Å²) in [7, 11) is 0. The molecule has 0 saturated carbocycles. The van der Waals surface area contributed by atoms with Crippen molar-refractivity contribution in [3.05, 3.63) is 0 Å². The van der Waals surface area contributed by atoms with Crippen molar-refractivity contribution in [2.75, 3.05) is 0 Å². The Bertz CT molecular complexity index is 328. The molecule has 17 heavy (non-hydrogen) atoms. The van der Waals surface area contributed by atoms with Crippen LogP contribution in [0.1, 0.15) is 33.1 Å². The van der Waals surface area contributed by atoms with E-state index in [1.165, 1.54) is 0 Å². The fourth-order valence-corrected chi connectivity index (χ4v) is 1.80. The zero-order valence-electron chi connectivity index (χ0n) is 10.2. The molecule has 1 rings (SSSR count). The van der Waals surface area contributed by atoms with Crippen molar-refractivity contribution in [2.45, 2.75) is 45.2 Å². The van der Waals surface area contributed by atoms with Gasteiger partial charge in [-0.15, -0.1) is 0 Å². The first-order valence-electron chi connectivity index (χ1n) is 5.79. The molecular weight excluding hydrogens is 222 g/mol. The van der Waals surface area contributed by atoms with Crippen LogP contribution in [0.15, 0.2) is 0 Å². The predicted molar refractivity (Wildman–Crippen MR) is 61.7 cm³/mol. The minimum atomic E-state index is -0.667.